The van der Waals surface area contributed by atoms with E-state index in [0.29, 0.717) is 36.0 Å². The molecule has 9 N–H and O–H groups in total. The fraction of sp³-hybridized carbons (Fsp3) is 0.182. The van der Waals surface area contributed by atoms with Gasteiger partial charge in [0.2, 0.25) is 35.6 Å². The maximum Gasteiger partial charge on any atom is 0.249 e. The van der Waals surface area contributed by atoms with Crippen LogP contribution in [-0.4, -0.2) is 47.6 Å². The number of nitrogens with two attached hydrogens (primary N) is 3. The van der Waals surface area contributed by atoms with E-state index >= 15 is 0 Å². The van der Waals surface area contributed by atoms with Gasteiger partial charge in [0.15, 0.2) is 0 Å². The molecule has 0 radical (unpaired) electrons. The standard InChI is InChI=1S/C33H33N9O3S3/c1-4-16-7-10-19(25(34)43)22(13-16)28(46)37-31-40-32(38-29(47)23-14-17(5-2)8-11-20(23)26(35)44)42-33(41-31)39-30(48)24-15-18(6-3)9-12-21(24)27(36)45/h7-15H,4-6H2,1-3H3,(H2,34,43)(H2,35,44)(H2,36,45)(H3,37,38,39,40,41,42,46,47,48). The minimum atomic E-state index is -0.660. The summed E-state index contributed by atoms with van der Waals surface area (Å²) in [4.78, 5) is 50.3. The highest BCUT2D eigenvalue weighted by molar-refractivity contribution is 7.81. The predicted octanol–water partition coefficient (Wildman–Crippen LogP) is 4.22. The number of carbonyl (C=O) groups is 3. The van der Waals surface area contributed by atoms with E-state index in [1.165, 1.54) is 0 Å². The number of carbonyl (C=O) groups excluding carboxylic acids is 3. The van der Waals surface area contributed by atoms with E-state index in [2.05, 4.69) is 30.9 Å². The quantitative estimate of drug-likeness (QED) is 0.115. The zero-order chi connectivity index (χ0) is 35.1. The van der Waals surface area contributed by atoms with Crippen LogP contribution in [-0.2, 0) is 19.3 Å². The molecule has 0 aliphatic rings. The highest BCUT2D eigenvalue weighted by Gasteiger charge is 2.20. The number of rotatable bonds is 12. The van der Waals surface area contributed by atoms with Gasteiger partial charge in [0.1, 0.15) is 15.0 Å². The highest BCUT2D eigenvalue weighted by atomic mass is 32.1. The summed E-state index contributed by atoms with van der Waals surface area (Å²) in [5.41, 5.74) is 21.5. The van der Waals surface area contributed by atoms with Gasteiger partial charge < -0.3 is 33.2 Å². The van der Waals surface area contributed by atoms with Crippen LogP contribution in [0.1, 0.15) is 85.2 Å². The van der Waals surface area contributed by atoms with Crippen molar-refractivity contribution < 1.29 is 14.4 Å². The van der Waals surface area contributed by atoms with Gasteiger partial charge >= 0.3 is 0 Å². The Balaban J connectivity index is 1.78. The van der Waals surface area contributed by atoms with Crippen LogP contribution in [0.2, 0.25) is 0 Å². The Bertz CT molecular complexity index is 1750. The maximum atomic E-state index is 12.2. The van der Waals surface area contributed by atoms with Crippen LogP contribution in [0.3, 0.4) is 0 Å². The Hall–Kier alpha value is -5.25. The molecule has 0 bridgehead atoms. The van der Waals surface area contributed by atoms with Gasteiger partial charge in [0.25, 0.3) is 0 Å². The molecule has 12 nitrogen and oxygen atoms in total. The van der Waals surface area contributed by atoms with E-state index in [1.54, 1.807) is 54.6 Å². The van der Waals surface area contributed by atoms with Gasteiger partial charge in [0, 0.05) is 33.4 Å². The molecule has 0 saturated heterocycles. The molecule has 246 valence electrons. The van der Waals surface area contributed by atoms with Gasteiger partial charge in [0.05, 0.1) is 0 Å². The molecule has 15 heteroatoms. The molecule has 1 heterocycles. The zero-order valence-electron chi connectivity index (χ0n) is 26.3. The second-order valence-electron chi connectivity index (χ2n) is 10.5. The van der Waals surface area contributed by atoms with Crippen LogP contribution in [0, 0.1) is 0 Å². The van der Waals surface area contributed by atoms with E-state index in [0.717, 1.165) is 16.7 Å². The third kappa shape index (κ3) is 8.36. The molecule has 0 spiro atoms. The lowest BCUT2D eigenvalue weighted by molar-refractivity contribution is 0.0991. The Morgan fingerprint density at radius 1 is 0.500 bits per heavy atom. The van der Waals surface area contributed by atoms with Gasteiger partial charge in [-0.25, -0.2) is 0 Å². The smallest absolute Gasteiger partial charge is 0.249 e. The summed E-state index contributed by atoms with van der Waals surface area (Å²) in [5, 5.41) is 8.86. The Labute approximate surface area is 293 Å². The normalized spacial score (nSPS) is 10.6. The number of nitrogens with zero attached hydrogens (tertiary/aromatic N) is 3. The summed E-state index contributed by atoms with van der Waals surface area (Å²) < 4.78 is 0. The fourth-order valence-electron chi connectivity index (χ4n) is 4.69. The van der Waals surface area contributed by atoms with Crippen molar-refractivity contribution in [3.05, 3.63) is 105 Å². The number of aryl methyl sites for hydroxylation is 3. The minimum Gasteiger partial charge on any atom is -0.366 e. The average molecular weight is 700 g/mol. The molecule has 0 atom stereocenters. The summed E-state index contributed by atoms with van der Waals surface area (Å²) in [6, 6.07) is 15.5. The van der Waals surface area contributed by atoms with Gasteiger partial charge in [-0.3, -0.25) is 14.4 Å². The summed E-state index contributed by atoms with van der Waals surface area (Å²) in [6.07, 6.45) is 2.07. The number of thiocarbonyl (C=S) groups is 3. The monoisotopic (exact) mass is 699 g/mol. The largest absolute Gasteiger partial charge is 0.366 e. The van der Waals surface area contributed by atoms with Crippen molar-refractivity contribution in [3.8, 4) is 0 Å². The first-order valence-corrected chi connectivity index (χ1v) is 16.1. The molecule has 0 aliphatic heterocycles. The van der Waals surface area contributed by atoms with Crippen LogP contribution in [0.15, 0.2) is 54.6 Å². The van der Waals surface area contributed by atoms with Gasteiger partial charge in [-0.1, -0.05) is 75.6 Å². The number of anilines is 3. The molecule has 3 aromatic carbocycles. The fourth-order valence-corrected chi connectivity index (χ4v) is 5.47. The third-order valence-electron chi connectivity index (χ3n) is 7.32. The summed E-state index contributed by atoms with van der Waals surface area (Å²) in [5.74, 6) is -2.11. The number of primary amides is 3. The highest BCUT2D eigenvalue weighted by Crippen LogP contribution is 2.21. The van der Waals surface area contributed by atoms with Gasteiger partial charge in [-0.2, -0.15) is 15.0 Å². The number of amides is 3. The molecule has 0 unspecified atom stereocenters. The van der Waals surface area contributed by atoms with Gasteiger partial charge in [-0.05, 0) is 72.4 Å². The minimum absolute atomic E-state index is 0.0437. The van der Waals surface area contributed by atoms with Crippen molar-refractivity contribution in [2.24, 2.45) is 17.2 Å². The summed E-state index contributed by atoms with van der Waals surface area (Å²) in [6.45, 7) is 5.90. The molecule has 48 heavy (non-hydrogen) atoms. The van der Waals surface area contributed by atoms with Crippen LogP contribution < -0.4 is 33.2 Å². The Morgan fingerprint density at radius 3 is 0.958 bits per heavy atom. The SMILES string of the molecule is CCc1ccc(C(N)=O)c(C(=S)Nc2nc(NC(=S)c3cc(CC)ccc3C(N)=O)nc(NC(=S)c3cc(CC)ccc3C(N)=O)n2)c1. The van der Waals surface area contributed by atoms with Crippen molar-refractivity contribution in [2.75, 3.05) is 16.0 Å². The first kappa shape index (κ1) is 35.6. The topological polar surface area (TPSA) is 204 Å². The average Bonchev–Trinajstić information content (AvgIpc) is 3.06. The summed E-state index contributed by atoms with van der Waals surface area (Å²) >= 11 is 17.0. The lowest BCUT2D eigenvalue weighted by Gasteiger charge is -2.16. The molecule has 3 amide bonds. The zero-order valence-corrected chi connectivity index (χ0v) is 28.8. The first-order chi connectivity index (χ1) is 22.8. The Morgan fingerprint density at radius 2 is 0.750 bits per heavy atom. The van der Waals surface area contributed by atoms with Crippen molar-refractivity contribution in [2.45, 2.75) is 40.0 Å². The number of nitrogens with one attached hydrogen (secondary N) is 3. The first-order valence-electron chi connectivity index (χ1n) is 14.8. The van der Waals surface area contributed by atoms with Crippen LogP contribution in [0.5, 0.6) is 0 Å². The second kappa shape index (κ2) is 15.6. The van der Waals surface area contributed by atoms with E-state index in [-0.39, 0.29) is 49.5 Å². The van der Waals surface area contributed by atoms with E-state index in [9.17, 15) is 14.4 Å². The van der Waals surface area contributed by atoms with Gasteiger partial charge in [-0.15, -0.1) is 0 Å². The van der Waals surface area contributed by atoms with Crippen LogP contribution in [0.4, 0.5) is 17.8 Å². The van der Waals surface area contributed by atoms with Crippen LogP contribution in [0.25, 0.3) is 0 Å². The van der Waals surface area contributed by atoms with Crippen molar-refractivity contribution in [3.63, 3.8) is 0 Å². The van der Waals surface area contributed by atoms with Crippen molar-refractivity contribution in [1.82, 2.24) is 15.0 Å². The molecule has 1 aromatic heterocycles. The molecular formula is C33H33N9O3S3. The van der Waals surface area contributed by atoms with E-state index < -0.39 is 17.7 Å². The van der Waals surface area contributed by atoms with E-state index in [4.69, 9.17) is 53.9 Å². The lowest BCUT2D eigenvalue weighted by Crippen LogP contribution is -2.24. The molecule has 0 saturated carbocycles. The number of aromatic nitrogens is 3. The van der Waals surface area contributed by atoms with Crippen molar-refractivity contribution in [1.29, 1.82) is 0 Å². The number of benzene rings is 3. The Kier molecular flexibility index (Phi) is 11.5. The molecule has 4 rings (SSSR count). The molecule has 0 fully saturated rings. The van der Waals surface area contributed by atoms with Crippen LogP contribution >= 0.6 is 36.7 Å². The number of hydrogen-bond acceptors (Lipinski definition) is 9. The maximum absolute atomic E-state index is 12.2. The lowest BCUT2D eigenvalue weighted by atomic mass is 10.0. The molecule has 4 aromatic rings. The molecule has 0 aliphatic carbocycles. The van der Waals surface area contributed by atoms with Crippen molar-refractivity contribution >= 4 is 87.2 Å². The third-order valence-corrected chi connectivity index (χ3v) is 8.28. The second-order valence-corrected chi connectivity index (χ2v) is 11.7. The summed E-state index contributed by atoms with van der Waals surface area (Å²) in [7, 11) is 0. The molecular weight excluding hydrogens is 667 g/mol. The van der Waals surface area contributed by atoms with E-state index in [1.807, 2.05) is 20.8 Å². The number of hydrogen-bond donors (Lipinski definition) is 6. The predicted molar refractivity (Wildman–Crippen MR) is 199 cm³/mol.